The van der Waals surface area contributed by atoms with E-state index in [1.54, 1.807) is 26.3 Å². The maximum absolute atomic E-state index is 12.4. The predicted octanol–water partition coefficient (Wildman–Crippen LogP) is 2.08. The van der Waals surface area contributed by atoms with E-state index in [0.717, 1.165) is 28.3 Å². The van der Waals surface area contributed by atoms with Crippen LogP contribution in [0.5, 0.6) is 11.5 Å². The van der Waals surface area contributed by atoms with Crippen LogP contribution in [-0.4, -0.2) is 32.0 Å². The summed E-state index contributed by atoms with van der Waals surface area (Å²) in [6.07, 6.45) is 2.00. The van der Waals surface area contributed by atoms with Gasteiger partial charge in [0.2, 0.25) is 11.9 Å². The topological polar surface area (TPSA) is 90.8 Å². The van der Waals surface area contributed by atoms with Crippen molar-refractivity contribution in [2.45, 2.75) is 27.4 Å². The summed E-state index contributed by atoms with van der Waals surface area (Å²) in [6, 6.07) is 11.4. The van der Waals surface area contributed by atoms with E-state index >= 15 is 0 Å². The Morgan fingerprint density at radius 2 is 1.84 bits per heavy atom. The molecule has 0 radical (unpaired) electrons. The van der Waals surface area contributed by atoms with Crippen LogP contribution in [0, 0.1) is 20.8 Å². The molecule has 2 heterocycles. The van der Waals surface area contributed by atoms with Crippen LogP contribution in [0.4, 0.5) is 0 Å². The molecule has 4 rings (SSSR count). The molecule has 2 aromatic heterocycles. The molecule has 9 heteroatoms. The van der Waals surface area contributed by atoms with Gasteiger partial charge in [0.15, 0.2) is 0 Å². The molecule has 9 nitrogen and oxygen atoms in total. The maximum atomic E-state index is 12.4. The van der Waals surface area contributed by atoms with E-state index in [1.807, 2.05) is 49.0 Å². The summed E-state index contributed by atoms with van der Waals surface area (Å²) >= 11 is 0. The SMILES string of the molecule is COc1cccc(-n2nnn(C)c2=O)c1COc1ccc(-[n+]2ccc(C)[nH]2)c(C)c1C. The third-order valence-corrected chi connectivity index (χ3v) is 5.39. The zero-order valence-electron chi connectivity index (χ0n) is 18.2. The zero-order valence-corrected chi connectivity index (χ0v) is 18.2. The van der Waals surface area contributed by atoms with Crippen LogP contribution >= 0.6 is 0 Å². The highest BCUT2D eigenvalue weighted by Crippen LogP contribution is 2.29. The van der Waals surface area contributed by atoms with Gasteiger partial charge in [-0.15, -0.1) is 0 Å². The van der Waals surface area contributed by atoms with Crippen molar-refractivity contribution in [1.82, 2.24) is 24.9 Å². The van der Waals surface area contributed by atoms with E-state index in [9.17, 15) is 4.79 Å². The number of methoxy groups -OCH3 is 1. The molecular weight excluding hydrogens is 396 g/mol. The van der Waals surface area contributed by atoms with Gasteiger partial charge in [0.25, 0.3) is 0 Å². The zero-order chi connectivity index (χ0) is 22.1. The lowest BCUT2D eigenvalue weighted by Gasteiger charge is -2.16. The third-order valence-electron chi connectivity index (χ3n) is 5.39. The Morgan fingerprint density at radius 1 is 1.03 bits per heavy atom. The Bertz CT molecular complexity index is 1300. The number of aromatic nitrogens is 6. The van der Waals surface area contributed by atoms with Gasteiger partial charge in [0.1, 0.15) is 18.1 Å². The van der Waals surface area contributed by atoms with Gasteiger partial charge in [-0.1, -0.05) is 10.7 Å². The van der Waals surface area contributed by atoms with E-state index in [2.05, 4.69) is 22.4 Å². The van der Waals surface area contributed by atoms with Crippen LogP contribution in [-0.2, 0) is 13.7 Å². The third kappa shape index (κ3) is 3.70. The number of ether oxygens (including phenoxy) is 2. The van der Waals surface area contributed by atoms with Gasteiger partial charge in [0, 0.05) is 30.3 Å². The van der Waals surface area contributed by atoms with Crippen LogP contribution in [0.25, 0.3) is 11.4 Å². The summed E-state index contributed by atoms with van der Waals surface area (Å²) in [5, 5.41) is 11.1. The molecule has 0 aliphatic carbocycles. The fourth-order valence-corrected chi connectivity index (χ4v) is 3.49. The molecule has 1 N–H and O–H groups in total. The molecule has 0 saturated carbocycles. The van der Waals surface area contributed by atoms with Gasteiger partial charge in [0.05, 0.1) is 24.1 Å². The number of tetrazole rings is 1. The van der Waals surface area contributed by atoms with Crippen LogP contribution in [0.2, 0.25) is 0 Å². The minimum absolute atomic E-state index is 0.205. The van der Waals surface area contributed by atoms with Crippen molar-refractivity contribution in [2.75, 3.05) is 7.11 Å². The number of aromatic amines is 1. The molecule has 0 spiro atoms. The Hall–Kier alpha value is -3.88. The number of rotatable bonds is 6. The summed E-state index contributed by atoms with van der Waals surface area (Å²) in [7, 11) is 3.14. The van der Waals surface area contributed by atoms with Crippen molar-refractivity contribution in [2.24, 2.45) is 7.05 Å². The molecule has 160 valence electrons. The van der Waals surface area contributed by atoms with Crippen molar-refractivity contribution in [3.05, 3.63) is 75.5 Å². The summed E-state index contributed by atoms with van der Waals surface area (Å²) < 4.78 is 16.1. The van der Waals surface area contributed by atoms with Crippen LogP contribution in [0.15, 0.2) is 47.4 Å². The monoisotopic (exact) mass is 421 g/mol. The highest BCUT2D eigenvalue weighted by atomic mass is 16.5. The summed E-state index contributed by atoms with van der Waals surface area (Å²) in [4.78, 5) is 12.4. The molecule has 0 amide bonds. The lowest BCUT2D eigenvalue weighted by atomic mass is 10.1. The second-order valence-electron chi connectivity index (χ2n) is 7.36. The molecule has 0 bridgehead atoms. The molecule has 0 fully saturated rings. The van der Waals surface area contributed by atoms with E-state index in [-0.39, 0.29) is 12.3 Å². The minimum Gasteiger partial charge on any atom is -0.496 e. The van der Waals surface area contributed by atoms with Crippen molar-refractivity contribution >= 4 is 0 Å². The molecule has 0 atom stereocenters. The predicted molar refractivity (Wildman–Crippen MR) is 114 cm³/mol. The van der Waals surface area contributed by atoms with Crippen molar-refractivity contribution < 1.29 is 14.2 Å². The smallest absolute Gasteiger partial charge is 0.368 e. The first kappa shape index (κ1) is 20.4. The number of H-pyrrole nitrogens is 1. The van der Waals surface area contributed by atoms with Crippen molar-refractivity contribution in [3.8, 4) is 22.9 Å². The fourth-order valence-electron chi connectivity index (χ4n) is 3.49. The molecule has 4 aromatic rings. The molecular formula is C22H25N6O3+. The minimum atomic E-state index is -0.343. The number of hydrogen-bond donors (Lipinski definition) is 1. The number of benzene rings is 2. The van der Waals surface area contributed by atoms with Gasteiger partial charge >= 0.3 is 5.69 Å². The first-order valence-electron chi connectivity index (χ1n) is 9.86. The molecule has 0 saturated heterocycles. The van der Waals surface area contributed by atoms with Crippen LogP contribution in [0.1, 0.15) is 22.4 Å². The van der Waals surface area contributed by atoms with Gasteiger partial charge in [-0.2, -0.15) is 14.5 Å². The number of hydrogen-bond acceptors (Lipinski definition) is 5. The van der Waals surface area contributed by atoms with E-state index in [1.165, 1.54) is 9.36 Å². The first-order chi connectivity index (χ1) is 14.9. The lowest BCUT2D eigenvalue weighted by Crippen LogP contribution is -2.33. The first-order valence-corrected chi connectivity index (χ1v) is 9.86. The largest absolute Gasteiger partial charge is 0.496 e. The average molecular weight is 421 g/mol. The Labute approximate surface area is 179 Å². The molecule has 0 aliphatic heterocycles. The Balaban J connectivity index is 1.68. The Kier molecular flexibility index (Phi) is 5.33. The highest BCUT2D eigenvalue weighted by molar-refractivity contribution is 5.50. The number of nitrogens with one attached hydrogen (secondary N) is 1. The second-order valence-corrected chi connectivity index (χ2v) is 7.36. The lowest BCUT2D eigenvalue weighted by molar-refractivity contribution is -0.656. The highest BCUT2D eigenvalue weighted by Gasteiger charge is 2.19. The van der Waals surface area contributed by atoms with Gasteiger partial charge < -0.3 is 9.47 Å². The van der Waals surface area contributed by atoms with E-state index in [4.69, 9.17) is 9.47 Å². The van der Waals surface area contributed by atoms with Gasteiger partial charge in [-0.3, -0.25) is 0 Å². The Morgan fingerprint density at radius 3 is 2.48 bits per heavy atom. The number of aryl methyl sites for hydroxylation is 2. The van der Waals surface area contributed by atoms with Crippen molar-refractivity contribution in [3.63, 3.8) is 0 Å². The van der Waals surface area contributed by atoms with E-state index < -0.39 is 0 Å². The summed E-state index contributed by atoms with van der Waals surface area (Å²) in [6.45, 7) is 6.31. The standard InChI is InChI=1S/C22H24N6O3/c1-14-11-12-27(23-14)18-9-10-20(16(3)15(18)2)31-13-17-19(7-6-8-21(17)30-5)28-22(29)26(4)24-25-28/h6-12H,13H2,1-5H3/p+1. The maximum Gasteiger partial charge on any atom is 0.368 e. The summed E-state index contributed by atoms with van der Waals surface area (Å²) in [5.41, 5.74) is 5.22. The van der Waals surface area contributed by atoms with Crippen LogP contribution < -0.4 is 19.8 Å². The van der Waals surface area contributed by atoms with Gasteiger partial charge in [-0.25, -0.2) is 4.79 Å². The normalized spacial score (nSPS) is 11.0. The van der Waals surface area contributed by atoms with Crippen molar-refractivity contribution in [1.29, 1.82) is 0 Å². The van der Waals surface area contributed by atoms with Gasteiger partial charge in [-0.05, 0) is 49.4 Å². The molecule has 31 heavy (non-hydrogen) atoms. The van der Waals surface area contributed by atoms with Crippen LogP contribution in [0.3, 0.4) is 0 Å². The summed E-state index contributed by atoms with van der Waals surface area (Å²) in [5.74, 6) is 1.37. The van der Waals surface area contributed by atoms with E-state index in [0.29, 0.717) is 17.0 Å². The molecule has 2 aromatic carbocycles. The number of nitrogens with zero attached hydrogens (tertiary/aromatic N) is 5. The second kappa shape index (κ2) is 8.10. The fraction of sp³-hybridized carbons (Fsp3) is 0.273. The molecule has 0 aliphatic rings. The average Bonchev–Trinajstić information content (AvgIpc) is 3.34. The quantitative estimate of drug-likeness (QED) is 0.482. The molecule has 0 unspecified atom stereocenters.